The van der Waals surface area contributed by atoms with Gasteiger partial charge in [0.25, 0.3) is 11.7 Å². The number of carbonyl (C=O) groups excluding carboxylic acids is 2. The Balaban J connectivity index is 1.64. The standard InChI is InChI=1S/C32H36N2O5/c1-22(2)20-38-26-16-12-25(13-17-26)30(35)28-29(34(19-18-33(3)4)32(37)31(28)36)24-10-14-27(15-11-24)39-21-23-8-6-5-7-9-23/h5-17,22,29,35H,18-21H2,1-4H3/b30-28+. The first-order chi connectivity index (χ1) is 18.7. The molecule has 39 heavy (non-hydrogen) atoms. The van der Waals surface area contributed by atoms with Gasteiger partial charge in [0.2, 0.25) is 0 Å². The highest BCUT2D eigenvalue weighted by Gasteiger charge is 2.45. The van der Waals surface area contributed by atoms with Crippen molar-refractivity contribution in [1.29, 1.82) is 0 Å². The van der Waals surface area contributed by atoms with E-state index in [0.29, 0.717) is 49.3 Å². The number of nitrogens with zero attached hydrogens (tertiary/aromatic N) is 2. The average molecular weight is 529 g/mol. The Morgan fingerprint density at radius 1 is 0.897 bits per heavy atom. The molecule has 4 rings (SSSR count). The summed E-state index contributed by atoms with van der Waals surface area (Å²) >= 11 is 0. The molecule has 1 amide bonds. The molecule has 0 aliphatic carbocycles. The van der Waals surface area contributed by atoms with E-state index in [1.54, 1.807) is 24.3 Å². The third kappa shape index (κ3) is 6.86. The molecule has 7 heteroatoms. The third-order valence-electron chi connectivity index (χ3n) is 6.48. The molecule has 1 atom stereocenters. The lowest BCUT2D eigenvalue weighted by Gasteiger charge is -2.26. The van der Waals surface area contributed by atoms with Crippen molar-refractivity contribution in [3.63, 3.8) is 0 Å². The van der Waals surface area contributed by atoms with Crippen molar-refractivity contribution in [2.45, 2.75) is 26.5 Å². The van der Waals surface area contributed by atoms with Crippen LogP contribution in [0.4, 0.5) is 0 Å². The van der Waals surface area contributed by atoms with Crippen molar-refractivity contribution in [2.24, 2.45) is 5.92 Å². The van der Waals surface area contributed by atoms with Crippen LogP contribution in [-0.2, 0) is 16.2 Å². The van der Waals surface area contributed by atoms with Gasteiger partial charge >= 0.3 is 0 Å². The van der Waals surface area contributed by atoms with E-state index in [1.807, 2.05) is 73.6 Å². The van der Waals surface area contributed by atoms with Gasteiger partial charge in [0.05, 0.1) is 18.2 Å². The Labute approximate surface area is 230 Å². The number of amides is 1. The second kappa shape index (κ2) is 12.6. The highest BCUT2D eigenvalue weighted by atomic mass is 16.5. The number of Topliss-reactive ketones (excluding diaryl/α,β-unsaturated/α-hetero) is 1. The fourth-order valence-corrected chi connectivity index (χ4v) is 4.38. The van der Waals surface area contributed by atoms with Crippen LogP contribution < -0.4 is 9.47 Å². The SMILES string of the molecule is CC(C)COc1ccc(/C(O)=C2\C(=O)C(=O)N(CCN(C)C)C2c2ccc(OCc3ccccc3)cc2)cc1. The predicted molar refractivity (Wildman–Crippen MR) is 152 cm³/mol. The molecule has 1 unspecified atom stereocenters. The molecule has 1 N–H and O–H groups in total. The maximum Gasteiger partial charge on any atom is 0.295 e. The van der Waals surface area contributed by atoms with E-state index in [1.165, 1.54) is 4.90 Å². The van der Waals surface area contributed by atoms with Gasteiger partial charge in [-0.1, -0.05) is 56.3 Å². The summed E-state index contributed by atoms with van der Waals surface area (Å²) in [7, 11) is 3.82. The van der Waals surface area contributed by atoms with Crippen molar-refractivity contribution in [2.75, 3.05) is 33.8 Å². The van der Waals surface area contributed by atoms with Crippen molar-refractivity contribution in [1.82, 2.24) is 9.80 Å². The van der Waals surface area contributed by atoms with Crippen LogP contribution in [0.3, 0.4) is 0 Å². The van der Waals surface area contributed by atoms with Gasteiger partial charge in [-0.3, -0.25) is 9.59 Å². The van der Waals surface area contributed by atoms with Gasteiger partial charge in [-0.05, 0) is 67.5 Å². The minimum Gasteiger partial charge on any atom is -0.507 e. The Morgan fingerprint density at radius 3 is 2.13 bits per heavy atom. The Morgan fingerprint density at radius 2 is 1.51 bits per heavy atom. The minimum atomic E-state index is -0.718. The first-order valence-corrected chi connectivity index (χ1v) is 13.2. The molecule has 0 aromatic heterocycles. The molecule has 1 fully saturated rings. The molecule has 1 saturated heterocycles. The number of hydrogen-bond donors (Lipinski definition) is 1. The van der Waals surface area contributed by atoms with Crippen LogP contribution >= 0.6 is 0 Å². The Bertz CT molecular complexity index is 1300. The number of benzene rings is 3. The lowest BCUT2D eigenvalue weighted by molar-refractivity contribution is -0.140. The molecule has 0 radical (unpaired) electrons. The monoisotopic (exact) mass is 528 g/mol. The van der Waals surface area contributed by atoms with Gasteiger partial charge in [-0.2, -0.15) is 0 Å². The van der Waals surface area contributed by atoms with E-state index in [0.717, 1.165) is 11.1 Å². The molecule has 3 aromatic carbocycles. The number of ether oxygens (including phenoxy) is 2. The summed E-state index contributed by atoms with van der Waals surface area (Å²) in [5, 5.41) is 11.3. The molecule has 7 nitrogen and oxygen atoms in total. The number of aliphatic hydroxyl groups excluding tert-OH is 1. The van der Waals surface area contributed by atoms with E-state index in [-0.39, 0.29) is 11.3 Å². The summed E-state index contributed by atoms with van der Waals surface area (Å²) in [5.41, 5.74) is 2.30. The molecule has 1 aliphatic rings. The topological polar surface area (TPSA) is 79.3 Å². The van der Waals surface area contributed by atoms with Crippen LogP contribution in [0.5, 0.6) is 11.5 Å². The molecule has 0 spiro atoms. The highest BCUT2D eigenvalue weighted by Crippen LogP contribution is 2.40. The molecular formula is C32H36N2O5. The lowest BCUT2D eigenvalue weighted by atomic mass is 9.95. The number of likely N-dealkylation sites (N-methyl/N-ethyl adjacent to an activating group) is 1. The van der Waals surface area contributed by atoms with Gasteiger partial charge in [0.15, 0.2) is 0 Å². The summed E-state index contributed by atoms with van der Waals surface area (Å²) in [6.45, 7) is 6.05. The number of likely N-dealkylation sites (tertiary alicyclic amines) is 1. The normalized spacial score (nSPS) is 16.8. The first-order valence-electron chi connectivity index (χ1n) is 13.2. The summed E-state index contributed by atoms with van der Waals surface area (Å²) in [6, 6.07) is 23.4. The maximum absolute atomic E-state index is 13.3. The van der Waals surface area contributed by atoms with Gasteiger partial charge in [-0.15, -0.1) is 0 Å². The molecule has 0 bridgehead atoms. The zero-order chi connectivity index (χ0) is 27.9. The Kier molecular flexibility index (Phi) is 9.04. The molecular weight excluding hydrogens is 492 g/mol. The maximum atomic E-state index is 13.3. The first kappa shape index (κ1) is 27.9. The number of ketones is 1. The predicted octanol–water partition coefficient (Wildman–Crippen LogP) is 5.28. The fraction of sp³-hybridized carbons (Fsp3) is 0.312. The second-order valence-corrected chi connectivity index (χ2v) is 10.4. The van der Waals surface area contributed by atoms with Crippen LogP contribution in [-0.4, -0.2) is 60.4 Å². The van der Waals surface area contributed by atoms with E-state index in [9.17, 15) is 14.7 Å². The van der Waals surface area contributed by atoms with Crippen molar-refractivity contribution >= 4 is 17.4 Å². The Hall–Kier alpha value is -4.10. The summed E-state index contributed by atoms with van der Waals surface area (Å²) in [5.74, 6) is 0.210. The molecule has 1 aliphatic heterocycles. The van der Waals surface area contributed by atoms with E-state index in [2.05, 4.69) is 13.8 Å². The molecule has 204 valence electrons. The van der Waals surface area contributed by atoms with Crippen LogP contribution in [0.1, 0.15) is 36.6 Å². The fourth-order valence-electron chi connectivity index (χ4n) is 4.38. The zero-order valence-electron chi connectivity index (χ0n) is 23.0. The van der Waals surface area contributed by atoms with Crippen LogP contribution in [0.2, 0.25) is 0 Å². The van der Waals surface area contributed by atoms with Crippen LogP contribution in [0.25, 0.3) is 5.76 Å². The molecule has 0 saturated carbocycles. The number of aliphatic hydroxyl groups is 1. The van der Waals surface area contributed by atoms with Crippen molar-refractivity contribution in [3.05, 3.63) is 101 Å². The summed E-state index contributed by atoms with van der Waals surface area (Å²) < 4.78 is 11.7. The van der Waals surface area contributed by atoms with E-state index >= 15 is 0 Å². The second-order valence-electron chi connectivity index (χ2n) is 10.4. The molecule has 1 heterocycles. The summed E-state index contributed by atoms with van der Waals surface area (Å²) in [6.07, 6.45) is 0. The van der Waals surface area contributed by atoms with Crippen molar-refractivity contribution in [3.8, 4) is 11.5 Å². The highest BCUT2D eigenvalue weighted by molar-refractivity contribution is 6.46. The van der Waals surface area contributed by atoms with Crippen LogP contribution in [0, 0.1) is 5.92 Å². The van der Waals surface area contributed by atoms with Gasteiger partial charge in [0.1, 0.15) is 23.9 Å². The largest absolute Gasteiger partial charge is 0.507 e. The van der Waals surface area contributed by atoms with Gasteiger partial charge in [0, 0.05) is 18.7 Å². The van der Waals surface area contributed by atoms with Gasteiger partial charge < -0.3 is 24.4 Å². The summed E-state index contributed by atoms with van der Waals surface area (Å²) in [4.78, 5) is 29.9. The number of hydrogen-bond acceptors (Lipinski definition) is 6. The third-order valence-corrected chi connectivity index (χ3v) is 6.48. The zero-order valence-corrected chi connectivity index (χ0v) is 23.0. The van der Waals surface area contributed by atoms with E-state index in [4.69, 9.17) is 9.47 Å². The average Bonchev–Trinajstić information content (AvgIpc) is 3.19. The van der Waals surface area contributed by atoms with Crippen LogP contribution in [0.15, 0.2) is 84.4 Å². The minimum absolute atomic E-state index is 0.0764. The lowest BCUT2D eigenvalue weighted by Crippen LogP contribution is -2.35. The smallest absolute Gasteiger partial charge is 0.295 e. The molecule has 3 aromatic rings. The quantitative estimate of drug-likeness (QED) is 0.207. The van der Waals surface area contributed by atoms with E-state index < -0.39 is 17.7 Å². The number of rotatable bonds is 11. The van der Waals surface area contributed by atoms with Crippen molar-refractivity contribution < 1.29 is 24.2 Å². The van der Waals surface area contributed by atoms with Gasteiger partial charge in [-0.25, -0.2) is 0 Å². The number of carbonyl (C=O) groups is 2.